The number of benzene rings is 2. The maximum absolute atomic E-state index is 13.0. The Morgan fingerprint density at radius 3 is 2.26 bits per heavy atom. The highest BCUT2D eigenvalue weighted by molar-refractivity contribution is 6.30. The van der Waals surface area contributed by atoms with E-state index in [0.717, 1.165) is 23.6 Å². The van der Waals surface area contributed by atoms with Crippen LogP contribution < -0.4 is 16.0 Å². The van der Waals surface area contributed by atoms with E-state index in [1.807, 2.05) is 26.0 Å². The van der Waals surface area contributed by atoms with Crippen molar-refractivity contribution in [3.05, 3.63) is 95.0 Å². The predicted molar refractivity (Wildman–Crippen MR) is 183 cm³/mol. The maximum atomic E-state index is 13.0. The molecule has 2 aromatic carbocycles. The molecule has 0 atom stereocenters. The Morgan fingerprint density at radius 1 is 0.957 bits per heavy atom. The third-order valence-electron chi connectivity index (χ3n) is 6.91. The Kier molecular flexibility index (Phi) is 16.9. The van der Waals surface area contributed by atoms with Crippen LogP contribution in [0.4, 0.5) is 24.9 Å². The Balaban J connectivity index is 0.000000602. The maximum Gasteiger partial charge on any atom is 0.416 e. The van der Waals surface area contributed by atoms with Crippen LogP contribution in [-0.2, 0) is 24.1 Å². The molecule has 1 amide bonds. The topological polar surface area (TPSA) is 96.8 Å². The minimum atomic E-state index is -4.43. The highest BCUT2D eigenvalue weighted by atomic mass is 35.5. The SMILES string of the molecule is C#C.CC.CC1CCCCC1.O=C(CNc1cc(-n2ccnc2)nc(NCc2cccc(C(F)(F)F)c2)n1)NCc1ccc(Cl)cc1. The van der Waals surface area contributed by atoms with Gasteiger partial charge in [0.1, 0.15) is 18.0 Å². The first-order chi connectivity index (χ1) is 22.7. The van der Waals surface area contributed by atoms with E-state index in [1.54, 1.807) is 47.6 Å². The Bertz CT molecular complexity index is 1490. The summed E-state index contributed by atoms with van der Waals surface area (Å²) in [5.74, 6) is 1.75. The third-order valence-corrected chi connectivity index (χ3v) is 7.17. The Labute approximate surface area is 280 Å². The van der Waals surface area contributed by atoms with Crippen LogP contribution in [0.2, 0.25) is 5.02 Å². The Morgan fingerprint density at radius 2 is 1.66 bits per heavy atom. The third kappa shape index (κ3) is 14.2. The van der Waals surface area contributed by atoms with Crippen molar-refractivity contribution in [2.24, 2.45) is 5.92 Å². The summed E-state index contributed by atoms with van der Waals surface area (Å²) in [4.78, 5) is 25.1. The normalized spacial score (nSPS) is 12.5. The van der Waals surface area contributed by atoms with E-state index in [0.29, 0.717) is 28.8 Å². The molecule has 5 rings (SSSR count). The summed E-state index contributed by atoms with van der Waals surface area (Å²) in [6.07, 6.45) is 15.8. The number of terminal acetylenes is 1. The molecule has 1 aliphatic rings. The average Bonchev–Trinajstić information content (AvgIpc) is 3.64. The molecule has 0 unspecified atom stereocenters. The van der Waals surface area contributed by atoms with E-state index in [4.69, 9.17) is 11.6 Å². The molecule has 252 valence electrons. The van der Waals surface area contributed by atoms with Gasteiger partial charge in [0, 0.05) is 36.6 Å². The highest BCUT2D eigenvalue weighted by Crippen LogP contribution is 2.29. The van der Waals surface area contributed by atoms with Gasteiger partial charge >= 0.3 is 6.18 Å². The summed E-state index contributed by atoms with van der Waals surface area (Å²) in [6, 6.07) is 13.8. The monoisotopic (exact) mass is 669 g/mol. The molecular weight excluding hydrogens is 627 g/mol. The largest absolute Gasteiger partial charge is 0.416 e. The minimum Gasteiger partial charge on any atom is -0.361 e. The molecule has 8 nitrogen and oxygen atoms in total. The van der Waals surface area contributed by atoms with Crippen molar-refractivity contribution >= 4 is 29.3 Å². The second-order valence-corrected chi connectivity index (χ2v) is 10.9. The summed E-state index contributed by atoms with van der Waals surface area (Å²) in [5.41, 5.74) is 0.581. The van der Waals surface area contributed by atoms with E-state index in [-0.39, 0.29) is 24.9 Å². The standard InChI is InChI=1S/C24H21ClF3N7O.C7H14.C2H6.C2H2/c25-19-6-4-16(5-7-19)12-31-22(36)14-30-20-11-21(35-9-8-29-15-35)34-23(33-20)32-13-17-2-1-3-18(10-17)24(26,27)28;1-7-5-3-2-4-6-7;2*1-2/h1-11,15H,12-14H2,(H,31,36)(H2,30,32,33,34);7H,2-6H2,1H3;1-2H3;1-2H. The van der Waals surface area contributed by atoms with Gasteiger partial charge in [-0.15, -0.1) is 12.8 Å². The first-order valence-corrected chi connectivity index (χ1v) is 15.9. The number of hydrogen-bond donors (Lipinski definition) is 3. The zero-order chi connectivity index (χ0) is 34.7. The zero-order valence-electron chi connectivity index (χ0n) is 27.0. The summed E-state index contributed by atoms with van der Waals surface area (Å²) in [7, 11) is 0. The number of rotatable bonds is 9. The smallest absolute Gasteiger partial charge is 0.361 e. The molecule has 12 heteroatoms. The lowest BCUT2D eigenvalue weighted by Crippen LogP contribution is -2.29. The molecule has 1 saturated carbocycles. The van der Waals surface area contributed by atoms with E-state index in [9.17, 15) is 18.0 Å². The number of carbonyl (C=O) groups excluding carboxylic acids is 1. The number of aromatic nitrogens is 4. The second-order valence-electron chi connectivity index (χ2n) is 10.5. The number of imidazole rings is 1. The van der Waals surface area contributed by atoms with Crippen molar-refractivity contribution in [1.29, 1.82) is 0 Å². The Hall–Kier alpha value is -4.56. The fourth-order valence-corrected chi connectivity index (χ4v) is 4.64. The summed E-state index contributed by atoms with van der Waals surface area (Å²) in [6.45, 7) is 6.71. The van der Waals surface area contributed by atoms with Gasteiger partial charge in [0.2, 0.25) is 11.9 Å². The first kappa shape index (κ1) is 38.6. The summed E-state index contributed by atoms with van der Waals surface area (Å²) < 4.78 is 40.7. The molecule has 1 aliphatic carbocycles. The van der Waals surface area contributed by atoms with Gasteiger partial charge in [0.25, 0.3) is 0 Å². The van der Waals surface area contributed by atoms with Gasteiger partial charge in [0.15, 0.2) is 0 Å². The van der Waals surface area contributed by atoms with Crippen molar-refractivity contribution in [2.45, 2.75) is 72.1 Å². The van der Waals surface area contributed by atoms with Gasteiger partial charge in [-0.1, -0.05) is 88.7 Å². The molecule has 47 heavy (non-hydrogen) atoms. The van der Waals surface area contributed by atoms with Crippen molar-refractivity contribution in [1.82, 2.24) is 24.8 Å². The van der Waals surface area contributed by atoms with Gasteiger partial charge in [-0.3, -0.25) is 9.36 Å². The molecule has 4 aromatic rings. The number of amides is 1. The molecule has 0 bridgehead atoms. The number of hydrogen-bond acceptors (Lipinski definition) is 6. The van der Waals surface area contributed by atoms with Crippen LogP contribution in [-0.4, -0.2) is 32.0 Å². The van der Waals surface area contributed by atoms with Crippen LogP contribution in [0.5, 0.6) is 0 Å². The van der Waals surface area contributed by atoms with Crippen LogP contribution in [0.1, 0.15) is 69.6 Å². The van der Waals surface area contributed by atoms with Gasteiger partial charge in [-0.05, 0) is 41.3 Å². The second kappa shape index (κ2) is 20.5. The van der Waals surface area contributed by atoms with Gasteiger partial charge < -0.3 is 16.0 Å². The molecule has 3 N–H and O–H groups in total. The molecule has 2 heterocycles. The predicted octanol–water partition coefficient (Wildman–Crippen LogP) is 8.54. The van der Waals surface area contributed by atoms with Crippen LogP contribution in [0, 0.1) is 18.8 Å². The van der Waals surface area contributed by atoms with Crippen LogP contribution in [0.15, 0.2) is 73.3 Å². The van der Waals surface area contributed by atoms with Crippen molar-refractivity contribution < 1.29 is 18.0 Å². The fraction of sp³-hybridized carbons (Fsp3) is 0.371. The quantitative estimate of drug-likeness (QED) is 0.155. The molecule has 2 aromatic heterocycles. The summed E-state index contributed by atoms with van der Waals surface area (Å²) in [5, 5.41) is 9.31. The molecule has 0 aliphatic heterocycles. The number of nitrogens with zero attached hydrogens (tertiary/aromatic N) is 4. The lowest BCUT2D eigenvalue weighted by Gasteiger charge is -2.15. The fourth-order valence-electron chi connectivity index (χ4n) is 4.51. The van der Waals surface area contributed by atoms with Gasteiger partial charge in [0.05, 0.1) is 12.1 Å². The average molecular weight is 670 g/mol. The van der Waals surface area contributed by atoms with Crippen LogP contribution >= 0.6 is 11.6 Å². The zero-order valence-corrected chi connectivity index (χ0v) is 27.8. The van der Waals surface area contributed by atoms with Gasteiger partial charge in [-0.25, -0.2) is 4.98 Å². The molecule has 0 radical (unpaired) electrons. The van der Waals surface area contributed by atoms with Gasteiger partial charge in [-0.2, -0.15) is 23.1 Å². The van der Waals surface area contributed by atoms with E-state index < -0.39 is 11.7 Å². The lowest BCUT2D eigenvalue weighted by molar-refractivity contribution is -0.137. The number of halogens is 4. The van der Waals surface area contributed by atoms with E-state index >= 15 is 0 Å². The van der Waals surface area contributed by atoms with Crippen molar-refractivity contribution in [3.63, 3.8) is 0 Å². The molecule has 1 fully saturated rings. The molecule has 0 saturated heterocycles. The molecule has 0 spiro atoms. The summed E-state index contributed by atoms with van der Waals surface area (Å²) >= 11 is 5.87. The number of carbonyl (C=O) groups is 1. The number of nitrogens with one attached hydrogen (secondary N) is 3. The lowest BCUT2D eigenvalue weighted by atomic mass is 9.91. The van der Waals surface area contributed by atoms with E-state index in [1.165, 1.54) is 38.2 Å². The van der Waals surface area contributed by atoms with Crippen molar-refractivity contribution in [3.8, 4) is 18.7 Å². The van der Waals surface area contributed by atoms with E-state index in [2.05, 4.69) is 50.7 Å². The van der Waals surface area contributed by atoms with Crippen LogP contribution in [0.25, 0.3) is 5.82 Å². The molecular formula is C35H43ClF3N7O. The minimum absolute atomic E-state index is 0.0545. The van der Waals surface area contributed by atoms with Crippen LogP contribution in [0.3, 0.4) is 0 Å². The highest BCUT2D eigenvalue weighted by Gasteiger charge is 2.30. The van der Waals surface area contributed by atoms with Crippen molar-refractivity contribution in [2.75, 3.05) is 17.2 Å². The number of alkyl halides is 3. The number of anilines is 2. The first-order valence-electron chi connectivity index (χ1n) is 15.5.